The van der Waals surface area contributed by atoms with Gasteiger partial charge in [0.2, 0.25) is 17.5 Å². The van der Waals surface area contributed by atoms with Crippen LogP contribution < -0.4 is 19.5 Å². The average molecular weight is 499 g/mol. The number of ether oxygens (including phenoxy) is 3. The van der Waals surface area contributed by atoms with Crippen LogP contribution in [0.1, 0.15) is 22.9 Å². The number of nitrogens with zero attached hydrogens (tertiary/aromatic N) is 3. The Morgan fingerprint density at radius 1 is 0.973 bits per heavy atom. The standard InChI is InChI=1S/C29H30N4O4/c1-33(2)25(22-12-15-26(34-3)27(16-22)35-4)18-31-29-24(17-30)32-28(37-29)21-10-13-23(14-11-21)36-19-20-8-6-5-7-9-20/h5-16,25,31H,18-19H2,1-4H3. The van der Waals surface area contributed by atoms with Crippen LogP contribution in [0.3, 0.4) is 0 Å². The highest BCUT2D eigenvalue weighted by molar-refractivity contribution is 5.59. The van der Waals surface area contributed by atoms with Gasteiger partial charge in [-0.2, -0.15) is 10.2 Å². The molecule has 0 saturated heterocycles. The molecule has 3 aromatic carbocycles. The molecule has 0 amide bonds. The van der Waals surface area contributed by atoms with Gasteiger partial charge in [0, 0.05) is 12.1 Å². The van der Waals surface area contributed by atoms with E-state index in [0.29, 0.717) is 36.4 Å². The van der Waals surface area contributed by atoms with E-state index in [4.69, 9.17) is 18.6 Å². The fourth-order valence-corrected chi connectivity index (χ4v) is 3.92. The molecule has 1 atom stereocenters. The second kappa shape index (κ2) is 12.0. The average Bonchev–Trinajstić information content (AvgIpc) is 3.35. The van der Waals surface area contributed by atoms with E-state index in [1.54, 1.807) is 14.2 Å². The third-order valence-corrected chi connectivity index (χ3v) is 5.95. The molecule has 0 bridgehead atoms. The molecule has 1 heterocycles. The minimum atomic E-state index is -0.0269. The lowest BCUT2D eigenvalue weighted by atomic mass is 10.1. The van der Waals surface area contributed by atoms with Crippen LogP contribution in [0.4, 0.5) is 5.88 Å². The van der Waals surface area contributed by atoms with E-state index in [2.05, 4.69) is 21.3 Å². The normalized spacial score (nSPS) is 11.6. The first-order valence-electron chi connectivity index (χ1n) is 11.8. The summed E-state index contributed by atoms with van der Waals surface area (Å²) in [7, 11) is 7.20. The molecule has 0 aliphatic heterocycles. The van der Waals surface area contributed by atoms with E-state index in [-0.39, 0.29) is 11.7 Å². The van der Waals surface area contributed by atoms with Crippen molar-refractivity contribution in [2.24, 2.45) is 0 Å². The first-order chi connectivity index (χ1) is 18.0. The van der Waals surface area contributed by atoms with E-state index in [9.17, 15) is 5.26 Å². The van der Waals surface area contributed by atoms with Crippen molar-refractivity contribution in [2.75, 3.05) is 40.2 Å². The fourth-order valence-electron chi connectivity index (χ4n) is 3.92. The first kappa shape index (κ1) is 25.6. The van der Waals surface area contributed by atoms with Gasteiger partial charge in [0.15, 0.2) is 11.5 Å². The molecule has 4 aromatic rings. The Kier molecular flexibility index (Phi) is 8.29. The molecule has 190 valence electrons. The highest BCUT2D eigenvalue weighted by Crippen LogP contribution is 2.32. The third kappa shape index (κ3) is 6.21. The number of nitriles is 1. The van der Waals surface area contributed by atoms with Gasteiger partial charge in [-0.1, -0.05) is 36.4 Å². The highest BCUT2D eigenvalue weighted by Gasteiger charge is 2.20. The molecule has 8 heteroatoms. The molecule has 1 N–H and O–H groups in total. The van der Waals surface area contributed by atoms with E-state index < -0.39 is 0 Å². The third-order valence-electron chi connectivity index (χ3n) is 5.95. The van der Waals surface area contributed by atoms with Crippen LogP contribution >= 0.6 is 0 Å². The highest BCUT2D eigenvalue weighted by atomic mass is 16.5. The molecular formula is C29H30N4O4. The van der Waals surface area contributed by atoms with E-state index >= 15 is 0 Å². The Labute approximate surface area is 217 Å². The SMILES string of the molecule is COc1ccc(C(CNc2oc(-c3ccc(OCc4ccccc4)cc3)nc2C#N)N(C)C)cc1OC. The molecule has 0 radical (unpaired) electrons. The van der Waals surface area contributed by atoms with Crippen molar-refractivity contribution in [1.29, 1.82) is 5.26 Å². The molecular weight excluding hydrogens is 468 g/mol. The van der Waals surface area contributed by atoms with Gasteiger partial charge < -0.3 is 28.8 Å². The van der Waals surface area contributed by atoms with Gasteiger partial charge >= 0.3 is 0 Å². The van der Waals surface area contributed by atoms with Crippen LogP contribution in [-0.4, -0.2) is 44.7 Å². The number of hydrogen-bond donors (Lipinski definition) is 1. The van der Waals surface area contributed by atoms with E-state index in [1.165, 1.54) is 0 Å². The van der Waals surface area contributed by atoms with Gasteiger partial charge in [-0.3, -0.25) is 0 Å². The van der Waals surface area contributed by atoms with Gasteiger partial charge in [0.25, 0.3) is 0 Å². The van der Waals surface area contributed by atoms with Gasteiger partial charge in [0.1, 0.15) is 18.4 Å². The van der Waals surface area contributed by atoms with Gasteiger partial charge in [-0.15, -0.1) is 0 Å². The minimum Gasteiger partial charge on any atom is -0.493 e. The minimum absolute atomic E-state index is 0.0269. The van der Waals surface area contributed by atoms with Crippen LogP contribution in [0.5, 0.6) is 17.2 Å². The van der Waals surface area contributed by atoms with Crippen LogP contribution in [-0.2, 0) is 6.61 Å². The number of oxazole rings is 1. The van der Waals surface area contributed by atoms with Crippen molar-refractivity contribution in [3.05, 3.63) is 89.6 Å². The van der Waals surface area contributed by atoms with Crippen molar-refractivity contribution in [1.82, 2.24) is 9.88 Å². The lowest BCUT2D eigenvalue weighted by Gasteiger charge is -2.25. The van der Waals surface area contributed by atoms with Crippen molar-refractivity contribution >= 4 is 5.88 Å². The number of aromatic nitrogens is 1. The summed E-state index contributed by atoms with van der Waals surface area (Å²) in [6.45, 7) is 0.969. The number of likely N-dealkylation sites (N-methyl/N-ethyl adjacent to an activating group) is 1. The Balaban J connectivity index is 1.46. The van der Waals surface area contributed by atoms with Crippen LogP contribution in [0.15, 0.2) is 77.2 Å². The van der Waals surface area contributed by atoms with Crippen LogP contribution in [0.25, 0.3) is 11.5 Å². The quantitative estimate of drug-likeness (QED) is 0.289. The second-order valence-corrected chi connectivity index (χ2v) is 8.58. The maximum absolute atomic E-state index is 9.65. The summed E-state index contributed by atoms with van der Waals surface area (Å²) in [6.07, 6.45) is 0. The van der Waals surface area contributed by atoms with Crippen molar-refractivity contribution in [3.8, 4) is 34.8 Å². The zero-order valence-corrected chi connectivity index (χ0v) is 21.4. The second-order valence-electron chi connectivity index (χ2n) is 8.58. The van der Waals surface area contributed by atoms with E-state index in [1.807, 2.05) is 86.9 Å². The number of hydrogen-bond acceptors (Lipinski definition) is 8. The summed E-state index contributed by atoms with van der Waals surface area (Å²) in [4.78, 5) is 6.46. The van der Waals surface area contributed by atoms with E-state index in [0.717, 1.165) is 22.4 Å². The van der Waals surface area contributed by atoms with Gasteiger partial charge in [0.05, 0.1) is 20.3 Å². The Morgan fingerprint density at radius 2 is 1.70 bits per heavy atom. The number of anilines is 1. The number of rotatable bonds is 11. The molecule has 0 aliphatic rings. The molecule has 0 saturated carbocycles. The molecule has 1 aromatic heterocycles. The molecule has 4 rings (SSSR count). The summed E-state index contributed by atoms with van der Waals surface area (Å²) in [6, 6.07) is 25.3. The lowest BCUT2D eigenvalue weighted by molar-refractivity contribution is 0.306. The Bertz CT molecular complexity index is 1340. The summed E-state index contributed by atoms with van der Waals surface area (Å²) in [5.74, 6) is 2.75. The Hall–Kier alpha value is -4.48. The smallest absolute Gasteiger partial charge is 0.232 e. The van der Waals surface area contributed by atoms with Gasteiger partial charge in [-0.25, -0.2) is 0 Å². The summed E-state index contributed by atoms with van der Waals surface area (Å²) in [5.41, 5.74) is 3.07. The summed E-state index contributed by atoms with van der Waals surface area (Å²) in [5, 5.41) is 12.9. The predicted molar refractivity (Wildman–Crippen MR) is 142 cm³/mol. The molecule has 37 heavy (non-hydrogen) atoms. The number of benzene rings is 3. The number of methoxy groups -OCH3 is 2. The van der Waals surface area contributed by atoms with Crippen molar-refractivity contribution in [2.45, 2.75) is 12.6 Å². The number of nitrogens with one attached hydrogen (secondary N) is 1. The van der Waals surface area contributed by atoms with Crippen molar-refractivity contribution in [3.63, 3.8) is 0 Å². The largest absolute Gasteiger partial charge is 0.493 e. The Morgan fingerprint density at radius 3 is 2.35 bits per heavy atom. The van der Waals surface area contributed by atoms with Crippen LogP contribution in [0, 0.1) is 11.3 Å². The molecule has 8 nitrogen and oxygen atoms in total. The fraction of sp³-hybridized carbons (Fsp3) is 0.241. The predicted octanol–water partition coefficient (Wildman–Crippen LogP) is 5.52. The zero-order chi connectivity index (χ0) is 26.2. The molecule has 1 unspecified atom stereocenters. The zero-order valence-electron chi connectivity index (χ0n) is 21.4. The molecule has 0 spiro atoms. The summed E-state index contributed by atoms with van der Waals surface area (Å²) >= 11 is 0. The first-order valence-corrected chi connectivity index (χ1v) is 11.8. The molecule has 0 aliphatic carbocycles. The maximum Gasteiger partial charge on any atom is 0.232 e. The monoisotopic (exact) mass is 498 g/mol. The summed E-state index contributed by atoms with van der Waals surface area (Å²) < 4.78 is 22.6. The van der Waals surface area contributed by atoms with Crippen molar-refractivity contribution < 1.29 is 18.6 Å². The van der Waals surface area contributed by atoms with Gasteiger partial charge in [-0.05, 0) is 61.6 Å². The molecule has 0 fully saturated rings. The van der Waals surface area contributed by atoms with Crippen LogP contribution in [0.2, 0.25) is 0 Å². The lowest BCUT2D eigenvalue weighted by Crippen LogP contribution is -2.27. The topological polar surface area (TPSA) is 92.8 Å². The maximum atomic E-state index is 9.65.